The Labute approximate surface area is 128 Å². The second-order valence-electron chi connectivity index (χ2n) is 6.03. The number of aliphatic imine (C=N–C) groups is 1. The fourth-order valence-electron chi connectivity index (χ4n) is 2.03. The van der Waals surface area contributed by atoms with Gasteiger partial charge in [-0.3, -0.25) is 4.99 Å². The Balaban J connectivity index is 1.77. The maximum Gasteiger partial charge on any atom is 0.410 e. The Morgan fingerprint density at radius 3 is 2.85 bits per heavy atom. The molecule has 1 saturated heterocycles. The van der Waals surface area contributed by atoms with E-state index in [0.29, 0.717) is 13.2 Å². The number of hydrogen-bond acceptors (Lipinski definition) is 4. The van der Waals surface area contributed by atoms with Gasteiger partial charge in [-0.15, -0.1) is 0 Å². The molecular formula is C14H21BrN2O3. The maximum absolute atomic E-state index is 12.0. The van der Waals surface area contributed by atoms with Crippen molar-refractivity contribution in [2.75, 3.05) is 19.7 Å². The minimum absolute atomic E-state index is 0.0181. The molecule has 0 saturated carbocycles. The molecule has 2 aliphatic rings. The largest absolute Gasteiger partial charge is 0.444 e. The first kappa shape index (κ1) is 15.5. The van der Waals surface area contributed by atoms with Crippen LogP contribution in [0.25, 0.3) is 0 Å². The third-order valence-electron chi connectivity index (χ3n) is 3.12. The third-order valence-corrected chi connectivity index (χ3v) is 3.59. The number of halogens is 1. The molecule has 0 bridgehead atoms. The lowest BCUT2D eigenvalue weighted by atomic mass is 10.1. The lowest BCUT2D eigenvalue weighted by Gasteiger charge is -2.41. The van der Waals surface area contributed by atoms with Crippen molar-refractivity contribution in [1.82, 2.24) is 4.90 Å². The number of carbonyl (C=O) groups is 1. The summed E-state index contributed by atoms with van der Waals surface area (Å²) in [5.74, 6) is 0. The predicted molar refractivity (Wildman–Crippen MR) is 81.5 cm³/mol. The van der Waals surface area contributed by atoms with Gasteiger partial charge in [-0.2, -0.15) is 0 Å². The van der Waals surface area contributed by atoms with E-state index in [4.69, 9.17) is 9.47 Å². The Bertz CT molecular complexity index is 429. The number of dihydropyridines is 1. The van der Waals surface area contributed by atoms with Gasteiger partial charge in [0.25, 0.3) is 0 Å². The van der Waals surface area contributed by atoms with Gasteiger partial charge in [-0.1, -0.05) is 0 Å². The summed E-state index contributed by atoms with van der Waals surface area (Å²) in [6, 6.07) is 0.114. The molecule has 0 spiro atoms. The lowest BCUT2D eigenvalue weighted by molar-refractivity contribution is -0.0355. The van der Waals surface area contributed by atoms with Crippen LogP contribution < -0.4 is 0 Å². The van der Waals surface area contributed by atoms with Crippen molar-refractivity contribution in [2.24, 2.45) is 4.99 Å². The van der Waals surface area contributed by atoms with Gasteiger partial charge >= 0.3 is 6.09 Å². The van der Waals surface area contributed by atoms with Crippen LogP contribution in [0.3, 0.4) is 0 Å². The van der Waals surface area contributed by atoms with Crippen molar-refractivity contribution in [2.45, 2.75) is 44.9 Å². The van der Waals surface area contributed by atoms with Crippen molar-refractivity contribution in [3.63, 3.8) is 0 Å². The lowest BCUT2D eigenvalue weighted by Crippen LogP contribution is -2.55. The molecule has 0 aromatic rings. The first-order valence-electron chi connectivity index (χ1n) is 6.83. The predicted octanol–water partition coefficient (Wildman–Crippen LogP) is 2.74. The second-order valence-corrected chi connectivity index (χ2v) is 6.95. The van der Waals surface area contributed by atoms with Gasteiger partial charge < -0.3 is 14.4 Å². The quantitative estimate of drug-likeness (QED) is 0.790. The normalized spacial score (nSPS) is 26.0. The summed E-state index contributed by atoms with van der Waals surface area (Å²) < 4.78 is 12.1. The van der Waals surface area contributed by atoms with E-state index < -0.39 is 5.60 Å². The number of ether oxygens (including phenoxy) is 2. The van der Waals surface area contributed by atoms with Gasteiger partial charge in [0.15, 0.2) is 0 Å². The van der Waals surface area contributed by atoms with Crippen LogP contribution in [-0.2, 0) is 9.47 Å². The standard InChI is InChI=1S/C14H21BrN2O3/c1-14(2,3)20-13(18)17-5-4-11(17)9-19-12-6-10(15)7-16-8-12/h6-7,11-12H,4-5,8-9H2,1-3H3/t11-,12?/m0/s1. The number of rotatable bonds is 3. The van der Waals surface area contributed by atoms with E-state index >= 15 is 0 Å². The van der Waals surface area contributed by atoms with E-state index in [1.807, 2.05) is 26.8 Å². The van der Waals surface area contributed by atoms with E-state index in [0.717, 1.165) is 17.4 Å². The highest BCUT2D eigenvalue weighted by molar-refractivity contribution is 9.12. The number of carbonyl (C=O) groups excluding carboxylic acids is 1. The van der Waals surface area contributed by atoms with Gasteiger partial charge in [0.1, 0.15) is 5.60 Å². The average Bonchev–Trinajstić information content (AvgIpc) is 2.24. The van der Waals surface area contributed by atoms with Crippen molar-refractivity contribution in [3.05, 3.63) is 10.6 Å². The number of nitrogens with zero attached hydrogens (tertiary/aromatic N) is 2. The van der Waals surface area contributed by atoms with Crippen molar-refractivity contribution in [1.29, 1.82) is 0 Å². The number of allylic oxidation sites excluding steroid dienone is 1. The SMILES string of the molecule is CC(C)(C)OC(=O)N1CC[C@H]1COC1C=C(Br)C=NC1. The topological polar surface area (TPSA) is 51.1 Å². The third kappa shape index (κ3) is 4.31. The summed E-state index contributed by atoms with van der Waals surface area (Å²) in [7, 11) is 0. The van der Waals surface area contributed by atoms with E-state index in [1.165, 1.54) is 0 Å². The van der Waals surface area contributed by atoms with Crippen LogP contribution in [-0.4, -0.2) is 54.7 Å². The highest BCUT2D eigenvalue weighted by Gasteiger charge is 2.35. The van der Waals surface area contributed by atoms with Crippen LogP contribution in [0.1, 0.15) is 27.2 Å². The van der Waals surface area contributed by atoms with Gasteiger partial charge in [-0.05, 0) is 49.2 Å². The molecule has 1 amide bonds. The molecule has 0 radical (unpaired) electrons. The van der Waals surface area contributed by atoms with Gasteiger partial charge in [0.05, 0.1) is 25.3 Å². The molecule has 0 aliphatic carbocycles. The van der Waals surface area contributed by atoms with Gasteiger partial charge in [0, 0.05) is 17.2 Å². The average molecular weight is 345 g/mol. The Morgan fingerprint density at radius 1 is 1.55 bits per heavy atom. The molecule has 1 fully saturated rings. The minimum Gasteiger partial charge on any atom is -0.444 e. The van der Waals surface area contributed by atoms with Crippen LogP contribution in [0.15, 0.2) is 15.6 Å². The number of likely N-dealkylation sites (tertiary alicyclic amines) is 1. The molecule has 0 aromatic heterocycles. The molecule has 0 N–H and O–H groups in total. The fraction of sp³-hybridized carbons (Fsp3) is 0.714. The number of amides is 1. The first-order chi connectivity index (χ1) is 9.35. The molecule has 0 aromatic carbocycles. The van der Waals surface area contributed by atoms with Crippen LogP contribution in [0.2, 0.25) is 0 Å². The highest BCUT2D eigenvalue weighted by atomic mass is 79.9. The van der Waals surface area contributed by atoms with E-state index in [2.05, 4.69) is 20.9 Å². The molecular weight excluding hydrogens is 324 g/mol. The molecule has 1 unspecified atom stereocenters. The van der Waals surface area contributed by atoms with E-state index in [9.17, 15) is 4.79 Å². The Morgan fingerprint density at radius 2 is 2.30 bits per heavy atom. The first-order valence-corrected chi connectivity index (χ1v) is 7.63. The molecule has 2 aliphatic heterocycles. The van der Waals surface area contributed by atoms with Crippen LogP contribution in [0.5, 0.6) is 0 Å². The maximum atomic E-state index is 12.0. The molecule has 2 rings (SSSR count). The summed E-state index contributed by atoms with van der Waals surface area (Å²) >= 11 is 3.38. The zero-order valence-electron chi connectivity index (χ0n) is 12.1. The Hall–Kier alpha value is -0.880. The molecule has 20 heavy (non-hydrogen) atoms. The zero-order valence-corrected chi connectivity index (χ0v) is 13.7. The van der Waals surface area contributed by atoms with Crippen LogP contribution >= 0.6 is 15.9 Å². The molecule has 6 heteroatoms. The molecule has 2 heterocycles. The molecule has 5 nitrogen and oxygen atoms in total. The summed E-state index contributed by atoms with van der Waals surface area (Å²) in [5.41, 5.74) is -0.455. The summed E-state index contributed by atoms with van der Waals surface area (Å²) in [6.45, 7) is 7.52. The molecule has 112 valence electrons. The van der Waals surface area contributed by atoms with Crippen LogP contribution in [0, 0.1) is 0 Å². The van der Waals surface area contributed by atoms with Crippen molar-refractivity contribution >= 4 is 28.2 Å². The van der Waals surface area contributed by atoms with Crippen LogP contribution in [0.4, 0.5) is 4.79 Å². The van der Waals surface area contributed by atoms with Crippen molar-refractivity contribution < 1.29 is 14.3 Å². The van der Waals surface area contributed by atoms with Gasteiger partial charge in [0.2, 0.25) is 0 Å². The second kappa shape index (κ2) is 6.26. The zero-order chi connectivity index (χ0) is 14.8. The van der Waals surface area contributed by atoms with E-state index in [-0.39, 0.29) is 18.2 Å². The Kier molecular flexibility index (Phi) is 4.86. The summed E-state index contributed by atoms with van der Waals surface area (Å²) in [4.78, 5) is 17.9. The summed E-state index contributed by atoms with van der Waals surface area (Å²) in [6.07, 6.45) is 4.45. The monoisotopic (exact) mass is 344 g/mol. The van der Waals surface area contributed by atoms with Gasteiger partial charge in [-0.25, -0.2) is 4.79 Å². The smallest absolute Gasteiger partial charge is 0.410 e. The molecule has 2 atom stereocenters. The summed E-state index contributed by atoms with van der Waals surface area (Å²) in [5, 5.41) is 0. The minimum atomic E-state index is -0.455. The highest BCUT2D eigenvalue weighted by Crippen LogP contribution is 2.22. The number of hydrogen-bond donors (Lipinski definition) is 0. The van der Waals surface area contributed by atoms with E-state index in [1.54, 1.807) is 11.1 Å². The fourth-order valence-corrected chi connectivity index (χ4v) is 2.47. The van der Waals surface area contributed by atoms with Crippen molar-refractivity contribution in [3.8, 4) is 0 Å².